The van der Waals surface area contributed by atoms with Gasteiger partial charge in [-0.3, -0.25) is 0 Å². The molecule has 3 nitrogen and oxygen atoms in total. The topological polar surface area (TPSA) is 38.5 Å². The maximum atomic E-state index is 5.85. The van der Waals surface area contributed by atoms with Crippen LogP contribution in [0, 0.1) is 5.41 Å². The standard InChI is InChI=1S/C16H26N2O/c1-4-14-9-13(5-6-15(14)19-3)10-18(2)12-16(11-17)7-8-16/h5-6,9H,4,7-8,10-12,17H2,1-3H3. The van der Waals surface area contributed by atoms with E-state index in [-0.39, 0.29) is 0 Å². The summed E-state index contributed by atoms with van der Waals surface area (Å²) in [5, 5.41) is 0. The van der Waals surface area contributed by atoms with Crippen molar-refractivity contribution in [2.24, 2.45) is 11.1 Å². The molecule has 0 aromatic heterocycles. The molecule has 0 saturated heterocycles. The number of ether oxygens (including phenoxy) is 1. The lowest BCUT2D eigenvalue weighted by atomic mass is 10.1. The highest BCUT2D eigenvalue weighted by atomic mass is 16.5. The van der Waals surface area contributed by atoms with Gasteiger partial charge in [0.1, 0.15) is 5.75 Å². The van der Waals surface area contributed by atoms with Crippen LogP contribution in [0.25, 0.3) is 0 Å². The lowest BCUT2D eigenvalue weighted by molar-refractivity contribution is 0.259. The van der Waals surface area contributed by atoms with Crippen molar-refractivity contribution in [1.29, 1.82) is 0 Å². The molecule has 0 heterocycles. The van der Waals surface area contributed by atoms with Gasteiger partial charge in [0.2, 0.25) is 0 Å². The van der Waals surface area contributed by atoms with Gasteiger partial charge >= 0.3 is 0 Å². The van der Waals surface area contributed by atoms with Gasteiger partial charge in [-0.25, -0.2) is 0 Å². The van der Waals surface area contributed by atoms with E-state index in [1.807, 2.05) is 0 Å². The van der Waals surface area contributed by atoms with Crippen molar-refractivity contribution in [2.45, 2.75) is 32.7 Å². The van der Waals surface area contributed by atoms with Gasteiger partial charge in [0, 0.05) is 13.1 Å². The van der Waals surface area contributed by atoms with Crippen molar-refractivity contribution in [3.8, 4) is 5.75 Å². The first kappa shape index (κ1) is 14.4. The van der Waals surface area contributed by atoms with Gasteiger partial charge in [0.05, 0.1) is 7.11 Å². The summed E-state index contributed by atoms with van der Waals surface area (Å²) in [6, 6.07) is 6.51. The lowest BCUT2D eigenvalue weighted by Crippen LogP contribution is -2.31. The zero-order valence-corrected chi connectivity index (χ0v) is 12.4. The van der Waals surface area contributed by atoms with Gasteiger partial charge in [-0.2, -0.15) is 0 Å². The molecule has 0 atom stereocenters. The van der Waals surface area contributed by atoms with Crippen molar-refractivity contribution in [3.05, 3.63) is 29.3 Å². The lowest BCUT2D eigenvalue weighted by Gasteiger charge is -2.23. The fourth-order valence-corrected chi connectivity index (χ4v) is 2.75. The molecule has 0 unspecified atom stereocenters. The number of nitrogens with zero attached hydrogens (tertiary/aromatic N) is 1. The second-order valence-corrected chi connectivity index (χ2v) is 5.88. The summed E-state index contributed by atoms with van der Waals surface area (Å²) in [7, 11) is 3.92. The fourth-order valence-electron chi connectivity index (χ4n) is 2.75. The largest absolute Gasteiger partial charge is 0.496 e. The first-order valence-corrected chi connectivity index (χ1v) is 7.17. The van der Waals surface area contributed by atoms with E-state index < -0.39 is 0 Å². The fraction of sp³-hybridized carbons (Fsp3) is 0.625. The summed E-state index contributed by atoms with van der Waals surface area (Å²) in [6.45, 7) is 5.08. The highest BCUT2D eigenvalue weighted by Gasteiger charge is 2.41. The molecule has 19 heavy (non-hydrogen) atoms. The van der Waals surface area contributed by atoms with Crippen LogP contribution in [-0.4, -0.2) is 32.1 Å². The summed E-state index contributed by atoms with van der Waals surface area (Å²) < 4.78 is 5.37. The highest BCUT2D eigenvalue weighted by Crippen LogP contribution is 2.45. The normalized spacial score (nSPS) is 16.7. The van der Waals surface area contributed by atoms with E-state index in [0.717, 1.165) is 31.8 Å². The monoisotopic (exact) mass is 262 g/mol. The number of nitrogens with two attached hydrogens (primary N) is 1. The van der Waals surface area contributed by atoms with E-state index in [2.05, 4.69) is 37.1 Å². The molecule has 2 N–H and O–H groups in total. The van der Waals surface area contributed by atoms with Crippen LogP contribution < -0.4 is 10.5 Å². The molecular formula is C16H26N2O. The molecule has 1 aliphatic carbocycles. The molecular weight excluding hydrogens is 236 g/mol. The molecule has 0 aliphatic heterocycles. The van der Waals surface area contributed by atoms with Gasteiger partial charge < -0.3 is 15.4 Å². The Morgan fingerprint density at radius 2 is 2.11 bits per heavy atom. The Morgan fingerprint density at radius 3 is 2.63 bits per heavy atom. The van der Waals surface area contributed by atoms with Crippen molar-refractivity contribution in [2.75, 3.05) is 27.2 Å². The number of methoxy groups -OCH3 is 1. The molecule has 2 rings (SSSR count). The maximum absolute atomic E-state index is 5.85. The van der Waals surface area contributed by atoms with Gasteiger partial charge in [-0.15, -0.1) is 0 Å². The summed E-state index contributed by atoms with van der Waals surface area (Å²) >= 11 is 0. The Hall–Kier alpha value is -1.06. The smallest absolute Gasteiger partial charge is 0.122 e. The van der Waals surface area contributed by atoms with Gasteiger partial charge in [-0.05, 0) is 55.5 Å². The Balaban J connectivity index is 1.98. The van der Waals surface area contributed by atoms with Crippen LogP contribution in [0.15, 0.2) is 18.2 Å². The summed E-state index contributed by atoms with van der Waals surface area (Å²) in [4.78, 5) is 2.39. The van der Waals surface area contributed by atoms with Crippen molar-refractivity contribution < 1.29 is 4.74 Å². The third-order valence-corrected chi connectivity index (χ3v) is 4.17. The molecule has 1 aromatic rings. The molecule has 0 spiro atoms. The summed E-state index contributed by atoms with van der Waals surface area (Å²) in [5.74, 6) is 0.995. The number of benzene rings is 1. The molecule has 1 aromatic carbocycles. The van der Waals surface area contributed by atoms with Gasteiger partial charge in [0.15, 0.2) is 0 Å². The molecule has 1 fully saturated rings. The van der Waals surface area contributed by atoms with Crippen LogP contribution in [0.5, 0.6) is 5.75 Å². The number of hydrogen-bond acceptors (Lipinski definition) is 3. The van der Waals surface area contributed by atoms with Crippen molar-refractivity contribution in [3.63, 3.8) is 0 Å². The predicted octanol–water partition coefficient (Wildman–Crippen LogP) is 2.43. The third kappa shape index (κ3) is 3.48. The quantitative estimate of drug-likeness (QED) is 0.820. The predicted molar refractivity (Wildman–Crippen MR) is 79.4 cm³/mol. The summed E-state index contributed by atoms with van der Waals surface area (Å²) in [5.41, 5.74) is 8.90. The highest BCUT2D eigenvalue weighted by molar-refractivity contribution is 5.37. The maximum Gasteiger partial charge on any atom is 0.122 e. The average Bonchev–Trinajstić information content (AvgIpc) is 3.18. The number of hydrogen-bond donors (Lipinski definition) is 1. The Bertz CT molecular complexity index is 427. The molecule has 106 valence electrons. The minimum atomic E-state index is 0.412. The SMILES string of the molecule is CCc1cc(CN(C)CC2(CN)CC2)ccc1OC. The number of aryl methyl sites for hydroxylation is 1. The molecule has 0 amide bonds. The number of rotatable bonds is 7. The van der Waals surface area contributed by atoms with E-state index in [9.17, 15) is 0 Å². The zero-order chi connectivity index (χ0) is 13.9. The Labute approximate surface area is 116 Å². The van der Waals surface area contributed by atoms with Gasteiger partial charge in [-0.1, -0.05) is 19.1 Å². The van der Waals surface area contributed by atoms with E-state index >= 15 is 0 Å². The van der Waals surface area contributed by atoms with Crippen LogP contribution in [0.3, 0.4) is 0 Å². The Kier molecular flexibility index (Phi) is 4.48. The van der Waals surface area contributed by atoms with Crippen LogP contribution in [0.4, 0.5) is 0 Å². The van der Waals surface area contributed by atoms with Gasteiger partial charge in [0.25, 0.3) is 0 Å². The molecule has 1 saturated carbocycles. The van der Waals surface area contributed by atoms with E-state index in [0.29, 0.717) is 5.41 Å². The first-order chi connectivity index (χ1) is 9.12. The molecule has 0 bridgehead atoms. The summed E-state index contributed by atoms with van der Waals surface area (Å²) in [6.07, 6.45) is 3.58. The zero-order valence-electron chi connectivity index (χ0n) is 12.4. The molecule has 3 heteroatoms. The first-order valence-electron chi connectivity index (χ1n) is 7.17. The van der Waals surface area contributed by atoms with E-state index in [4.69, 9.17) is 10.5 Å². The molecule has 1 aliphatic rings. The Morgan fingerprint density at radius 1 is 1.37 bits per heavy atom. The second-order valence-electron chi connectivity index (χ2n) is 5.88. The third-order valence-electron chi connectivity index (χ3n) is 4.17. The van der Waals surface area contributed by atoms with Crippen LogP contribution in [0.2, 0.25) is 0 Å². The van der Waals surface area contributed by atoms with Crippen LogP contribution in [-0.2, 0) is 13.0 Å². The second kappa shape index (κ2) is 5.93. The van der Waals surface area contributed by atoms with Crippen LogP contribution in [0.1, 0.15) is 30.9 Å². The minimum absolute atomic E-state index is 0.412. The average molecular weight is 262 g/mol. The van der Waals surface area contributed by atoms with E-state index in [1.165, 1.54) is 24.0 Å². The van der Waals surface area contributed by atoms with Crippen molar-refractivity contribution >= 4 is 0 Å². The van der Waals surface area contributed by atoms with Crippen LogP contribution >= 0.6 is 0 Å². The molecule has 0 radical (unpaired) electrons. The van der Waals surface area contributed by atoms with E-state index in [1.54, 1.807) is 7.11 Å². The minimum Gasteiger partial charge on any atom is -0.496 e. The van der Waals surface area contributed by atoms with Crippen molar-refractivity contribution in [1.82, 2.24) is 4.90 Å².